The zero-order chi connectivity index (χ0) is 12.6. The summed E-state index contributed by atoms with van der Waals surface area (Å²) in [6, 6.07) is 4.06. The van der Waals surface area contributed by atoms with E-state index in [-0.39, 0.29) is 18.0 Å². The lowest BCUT2D eigenvalue weighted by atomic mass is 10.1. The molecule has 0 bridgehead atoms. The Hall–Kier alpha value is -0.390. The van der Waals surface area contributed by atoms with Crippen LogP contribution in [-0.4, -0.2) is 23.4 Å². The number of carbonyl (C=O) groups excluding carboxylic acids is 1. The first-order chi connectivity index (χ1) is 7.99. The molecular formula is C12H17BrN2OS. The van der Waals surface area contributed by atoms with Gasteiger partial charge in [0.2, 0.25) is 5.91 Å². The second-order valence-electron chi connectivity index (χ2n) is 4.89. The van der Waals surface area contributed by atoms with Crippen molar-refractivity contribution >= 4 is 33.2 Å². The van der Waals surface area contributed by atoms with Crippen molar-refractivity contribution in [2.24, 2.45) is 11.7 Å². The van der Waals surface area contributed by atoms with Crippen molar-refractivity contribution in [2.45, 2.75) is 32.4 Å². The molecule has 2 heterocycles. The van der Waals surface area contributed by atoms with Crippen molar-refractivity contribution in [1.82, 2.24) is 4.90 Å². The molecule has 3 nitrogen and oxygen atoms in total. The maximum atomic E-state index is 11.9. The number of amides is 1. The van der Waals surface area contributed by atoms with Crippen LogP contribution < -0.4 is 5.73 Å². The van der Waals surface area contributed by atoms with Gasteiger partial charge in [-0.2, -0.15) is 0 Å². The summed E-state index contributed by atoms with van der Waals surface area (Å²) in [5.41, 5.74) is 6.11. The molecule has 1 aromatic rings. The molecule has 0 saturated carbocycles. The monoisotopic (exact) mass is 316 g/mol. The minimum Gasteiger partial charge on any atom is -0.333 e. The standard InChI is InChI=1S/C12H17BrN2OS/c1-7(2)6-15-11(16)5-8(14)12(15)9-3-4-10(13)17-9/h3-4,7-8,12H,5-6,14H2,1-2H3. The van der Waals surface area contributed by atoms with E-state index in [2.05, 4.69) is 35.8 Å². The summed E-state index contributed by atoms with van der Waals surface area (Å²) >= 11 is 5.12. The SMILES string of the molecule is CC(C)CN1C(=O)CC(N)C1c1ccc(Br)s1. The van der Waals surface area contributed by atoms with E-state index in [4.69, 9.17) is 5.73 Å². The Kier molecular flexibility index (Phi) is 3.90. The van der Waals surface area contributed by atoms with Gasteiger partial charge < -0.3 is 10.6 Å². The summed E-state index contributed by atoms with van der Waals surface area (Å²) in [5, 5.41) is 0. The average Bonchev–Trinajstić information content (AvgIpc) is 2.72. The van der Waals surface area contributed by atoms with Gasteiger partial charge in [-0.15, -0.1) is 11.3 Å². The molecule has 1 fully saturated rings. The number of nitrogens with zero attached hydrogens (tertiary/aromatic N) is 1. The summed E-state index contributed by atoms with van der Waals surface area (Å²) in [5.74, 6) is 0.649. The lowest BCUT2D eigenvalue weighted by Crippen LogP contribution is -2.34. The fraction of sp³-hybridized carbons (Fsp3) is 0.583. The first-order valence-corrected chi connectivity index (χ1v) is 7.40. The maximum absolute atomic E-state index is 11.9. The van der Waals surface area contributed by atoms with Crippen molar-refractivity contribution in [3.05, 3.63) is 20.8 Å². The van der Waals surface area contributed by atoms with Gasteiger partial charge in [0.05, 0.1) is 9.83 Å². The molecule has 1 amide bonds. The summed E-state index contributed by atoms with van der Waals surface area (Å²) in [6.45, 7) is 5.03. The zero-order valence-corrected chi connectivity index (χ0v) is 12.4. The molecule has 2 unspecified atom stereocenters. The van der Waals surface area contributed by atoms with Gasteiger partial charge >= 0.3 is 0 Å². The second-order valence-corrected chi connectivity index (χ2v) is 7.39. The predicted molar refractivity (Wildman–Crippen MR) is 73.9 cm³/mol. The number of rotatable bonds is 3. The van der Waals surface area contributed by atoms with Crippen LogP contribution >= 0.6 is 27.3 Å². The topological polar surface area (TPSA) is 46.3 Å². The van der Waals surface area contributed by atoms with Crippen LogP contribution in [0.15, 0.2) is 15.9 Å². The molecule has 0 aliphatic carbocycles. The first-order valence-electron chi connectivity index (χ1n) is 5.79. The molecule has 0 radical (unpaired) electrons. The third kappa shape index (κ3) is 2.72. The van der Waals surface area contributed by atoms with Crippen LogP contribution in [0.2, 0.25) is 0 Å². The average molecular weight is 317 g/mol. The summed E-state index contributed by atoms with van der Waals surface area (Å²) in [6.07, 6.45) is 0.465. The Morgan fingerprint density at radius 2 is 2.29 bits per heavy atom. The van der Waals surface area contributed by atoms with E-state index in [1.54, 1.807) is 11.3 Å². The van der Waals surface area contributed by atoms with Crippen LogP contribution in [0.5, 0.6) is 0 Å². The molecule has 2 N–H and O–H groups in total. The molecule has 1 aromatic heterocycles. The van der Waals surface area contributed by atoms with Gasteiger partial charge in [0.1, 0.15) is 0 Å². The minimum atomic E-state index is -0.0770. The third-order valence-corrected chi connectivity index (χ3v) is 4.61. The fourth-order valence-electron chi connectivity index (χ4n) is 2.28. The van der Waals surface area contributed by atoms with E-state index in [9.17, 15) is 4.79 Å². The Bertz CT molecular complexity index is 418. The molecule has 1 saturated heterocycles. The van der Waals surface area contributed by atoms with Crippen LogP contribution in [0.1, 0.15) is 31.2 Å². The predicted octanol–water partition coefficient (Wildman–Crippen LogP) is 2.77. The number of hydrogen-bond acceptors (Lipinski definition) is 3. The van der Waals surface area contributed by atoms with E-state index in [1.165, 1.54) is 4.88 Å². The summed E-state index contributed by atoms with van der Waals surface area (Å²) in [4.78, 5) is 15.1. The van der Waals surface area contributed by atoms with E-state index in [1.807, 2.05) is 11.0 Å². The lowest BCUT2D eigenvalue weighted by molar-refractivity contribution is -0.129. The van der Waals surface area contributed by atoms with Crippen molar-refractivity contribution < 1.29 is 4.79 Å². The highest BCUT2D eigenvalue weighted by Gasteiger charge is 2.39. The van der Waals surface area contributed by atoms with Crippen LogP contribution in [-0.2, 0) is 4.79 Å². The largest absolute Gasteiger partial charge is 0.333 e. The van der Waals surface area contributed by atoms with Crippen molar-refractivity contribution in [1.29, 1.82) is 0 Å². The van der Waals surface area contributed by atoms with Gasteiger partial charge in [0.25, 0.3) is 0 Å². The van der Waals surface area contributed by atoms with Crippen LogP contribution in [0.3, 0.4) is 0 Å². The number of halogens is 1. The summed E-state index contributed by atoms with van der Waals surface area (Å²) in [7, 11) is 0. The highest BCUT2D eigenvalue weighted by atomic mass is 79.9. The summed E-state index contributed by atoms with van der Waals surface area (Å²) < 4.78 is 1.09. The smallest absolute Gasteiger partial charge is 0.224 e. The van der Waals surface area contributed by atoms with Gasteiger partial charge in [-0.3, -0.25) is 4.79 Å². The molecule has 0 spiro atoms. The van der Waals surface area contributed by atoms with E-state index in [0.29, 0.717) is 12.3 Å². The Morgan fingerprint density at radius 1 is 1.59 bits per heavy atom. The van der Waals surface area contributed by atoms with Crippen molar-refractivity contribution in [3.8, 4) is 0 Å². The van der Waals surface area contributed by atoms with E-state index >= 15 is 0 Å². The number of nitrogens with two attached hydrogens (primary N) is 1. The van der Waals surface area contributed by atoms with Gasteiger partial charge in [0, 0.05) is 23.9 Å². The van der Waals surface area contributed by atoms with Crippen molar-refractivity contribution in [3.63, 3.8) is 0 Å². The van der Waals surface area contributed by atoms with Crippen LogP contribution in [0.4, 0.5) is 0 Å². The number of hydrogen-bond donors (Lipinski definition) is 1. The zero-order valence-electron chi connectivity index (χ0n) is 10.0. The molecular weight excluding hydrogens is 300 g/mol. The molecule has 1 aliphatic rings. The normalized spacial score (nSPS) is 25.0. The highest BCUT2D eigenvalue weighted by molar-refractivity contribution is 9.11. The van der Waals surface area contributed by atoms with Crippen LogP contribution in [0, 0.1) is 5.92 Å². The Morgan fingerprint density at radius 3 is 2.82 bits per heavy atom. The maximum Gasteiger partial charge on any atom is 0.224 e. The highest BCUT2D eigenvalue weighted by Crippen LogP contribution is 2.37. The molecule has 94 valence electrons. The molecule has 0 aromatic carbocycles. The van der Waals surface area contributed by atoms with Gasteiger partial charge in [-0.1, -0.05) is 13.8 Å². The molecule has 2 rings (SSSR count). The molecule has 17 heavy (non-hydrogen) atoms. The molecule has 2 atom stereocenters. The quantitative estimate of drug-likeness (QED) is 0.932. The minimum absolute atomic E-state index is 0.0567. The second kappa shape index (κ2) is 5.08. The third-order valence-electron chi connectivity index (χ3n) is 2.92. The van der Waals surface area contributed by atoms with Crippen molar-refractivity contribution in [2.75, 3.05) is 6.54 Å². The first kappa shape index (κ1) is 13.1. The van der Waals surface area contributed by atoms with Gasteiger partial charge in [-0.25, -0.2) is 0 Å². The Balaban J connectivity index is 2.25. The number of carbonyl (C=O) groups is 1. The van der Waals surface area contributed by atoms with E-state index < -0.39 is 0 Å². The molecule has 5 heteroatoms. The Labute approximate surface area is 114 Å². The van der Waals surface area contributed by atoms with Gasteiger partial charge in [-0.05, 0) is 34.0 Å². The lowest BCUT2D eigenvalue weighted by Gasteiger charge is -2.27. The number of thiophene rings is 1. The fourth-order valence-corrected chi connectivity index (χ4v) is 3.89. The van der Waals surface area contributed by atoms with Crippen LogP contribution in [0.25, 0.3) is 0 Å². The van der Waals surface area contributed by atoms with Gasteiger partial charge in [0.15, 0.2) is 0 Å². The molecule has 1 aliphatic heterocycles. The van der Waals surface area contributed by atoms with E-state index in [0.717, 1.165) is 10.3 Å². The number of likely N-dealkylation sites (tertiary alicyclic amines) is 1.